The Hall–Kier alpha value is -3.44. The standard InChI is InChI=1S/C30H27Cl2F5N4O3S/c1-28(2,3)14-23-29(15-38,20-12-7-16(31)13-22(20)33)24(19-5-4-6-21(32)25(19)34)26(40-23)27(42)39-17-8-10-18(11-9-17)41-45(43,44)30(35,36)37/h4-13,23-24,26,40-41H,14H2,1-3H3,(H,39,42)/t23-,24-,26+,29-/m0/s1. The molecule has 15 heteroatoms. The van der Waals surface area contributed by atoms with Crippen LogP contribution in [0.4, 0.5) is 33.3 Å². The first-order chi connectivity index (χ1) is 20.8. The summed E-state index contributed by atoms with van der Waals surface area (Å²) in [4.78, 5) is 13.9. The molecule has 0 saturated carbocycles. The van der Waals surface area contributed by atoms with Crippen LogP contribution in [0.5, 0.6) is 0 Å². The zero-order valence-corrected chi connectivity index (χ0v) is 26.3. The van der Waals surface area contributed by atoms with Crippen LogP contribution in [0.2, 0.25) is 10.0 Å². The summed E-state index contributed by atoms with van der Waals surface area (Å²) in [5.41, 5.74) is -8.49. The molecule has 4 atom stereocenters. The van der Waals surface area contributed by atoms with Gasteiger partial charge in [-0.05, 0) is 59.9 Å². The number of benzene rings is 3. The van der Waals surface area contributed by atoms with Gasteiger partial charge in [-0.2, -0.15) is 26.9 Å². The van der Waals surface area contributed by atoms with Crippen LogP contribution in [0.15, 0.2) is 60.7 Å². The van der Waals surface area contributed by atoms with Crippen molar-refractivity contribution in [1.29, 1.82) is 5.26 Å². The summed E-state index contributed by atoms with van der Waals surface area (Å²) in [7, 11) is -5.68. The normalized spacial score (nSPS) is 22.1. The van der Waals surface area contributed by atoms with Gasteiger partial charge in [-0.25, -0.2) is 8.78 Å². The number of rotatable bonds is 7. The lowest BCUT2D eigenvalue weighted by Crippen LogP contribution is -2.45. The van der Waals surface area contributed by atoms with Gasteiger partial charge in [0, 0.05) is 33.9 Å². The number of halogens is 7. The van der Waals surface area contributed by atoms with Gasteiger partial charge in [0.25, 0.3) is 0 Å². The summed E-state index contributed by atoms with van der Waals surface area (Å²) in [6.45, 7) is 5.64. The van der Waals surface area contributed by atoms with Gasteiger partial charge in [-0.15, -0.1) is 0 Å². The van der Waals surface area contributed by atoms with Crippen LogP contribution in [0, 0.1) is 28.4 Å². The van der Waals surface area contributed by atoms with Gasteiger partial charge in [0.1, 0.15) is 17.0 Å². The maximum atomic E-state index is 15.8. The van der Waals surface area contributed by atoms with Crippen LogP contribution in [0.1, 0.15) is 44.2 Å². The molecule has 0 spiro atoms. The monoisotopic (exact) mass is 688 g/mol. The summed E-state index contributed by atoms with van der Waals surface area (Å²) in [5.74, 6) is -3.87. The highest BCUT2D eigenvalue weighted by atomic mass is 35.5. The first-order valence-electron chi connectivity index (χ1n) is 13.4. The van der Waals surface area contributed by atoms with E-state index in [0.717, 1.165) is 30.3 Å². The van der Waals surface area contributed by atoms with E-state index >= 15 is 8.78 Å². The molecular weight excluding hydrogens is 662 g/mol. The van der Waals surface area contributed by atoms with Gasteiger partial charge in [-0.1, -0.05) is 62.2 Å². The molecule has 3 aromatic rings. The maximum Gasteiger partial charge on any atom is 0.516 e. The first kappa shape index (κ1) is 34.4. The number of sulfonamides is 1. The second kappa shape index (κ2) is 12.4. The molecule has 0 unspecified atom stereocenters. The Kier molecular flexibility index (Phi) is 9.49. The van der Waals surface area contributed by atoms with Gasteiger partial charge in [-0.3, -0.25) is 9.52 Å². The first-order valence-corrected chi connectivity index (χ1v) is 15.6. The van der Waals surface area contributed by atoms with E-state index in [-0.39, 0.29) is 33.3 Å². The molecule has 45 heavy (non-hydrogen) atoms. The van der Waals surface area contributed by atoms with Gasteiger partial charge in [0.2, 0.25) is 5.91 Å². The Morgan fingerprint density at radius 2 is 1.64 bits per heavy atom. The van der Waals surface area contributed by atoms with Gasteiger partial charge in [0.05, 0.1) is 17.1 Å². The van der Waals surface area contributed by atoms with E-state index < -0.39 is 67.6 Å². The zero-order valence-electron chi connectivity index (χ0n) is 23.9. The van der Waals surface area contributed by atoms with E-state index in [0.29, 0.717) is 0 Å². The number of amides is 1. The number of anilines is 2. The van der Waals surface area contributed by atoms with E-state index in [9.17, 15) is 31.6 Å². The SMILES string of the molecule is CC(C)(C)C[C@@H]1N[C@@H](C(=O)Nc2ccc(NS(=O)(=O)C(F)(F)F)cc2)[C@H](c2cccc(Cl)c2F)[C@@]1(C#N)c1ccc(Cl)cc1F. The molecule has 240 valence electrons. The summed E-state index contributed by atoms with van der Waals surface area (Å²) in [6.07, 6.45) is 0.235. The Labute approximate surface area is 266 Å². The fourth-order valence-corrected chi connectivity index (χ4v) is 6.51. The van der Waals surface area contributed by atoms with Crippen molar-refractivity contribution >= 4 is 50.5 Å². The molecule has 1 fully saturated rings. The summed E-state index contributed by atoms with van der Waals surface area (Å²) in [5, 5.41) is 16.4. The molecule has 7 nitrogen and oxygen atoms in total. The van der Waals surface area contributed by atoms with Crippen molar-refractivity contribution in [3.8, 4) is 6.07 Å². The molecule has 1 aliphatic rings. The number of nitrogens with zero attached hydrogens (tertiary/aromatic N) is 1. The predicted molar refractivity (Wildman–Crippen MR) is 161 cm³/mol. The largest absolute Gasteiger partial charge is 0.516 e. The molecule has 1 aliphatic heterocycles. The van der Waals surface area contributed by atoms with E-state index in [2.05, 4.69) is 16.7 Å². The Morgan fingerprint density at radius 3 is 2.20 bits per heavy atom. The number of carbonyl (C=O) groups excluding carboxylic acids is 1. The van der Waals surface area contributed by atoms with E-state index in [1.54, 1.807) is 0 Å². The highest BCUT2D eigenvalue weighted by Crippen LogP contribution is 2.53. The molecule has 1 saturated heterocycles. The minimum absolute atomic E-state index is 0.0431. The Bertz CT molecular complexity index is 1760. The van der Waals surface area contributed by atoms with E-state index in [1.165, 1.54) is 35.1 Å². The van der Waals surface area contributed by atoms with Crippen LogP contribution in [-0.2, 0) is 20.2 Å². The minimum Gasteiger partial charge on any atom is -0.325 e. The van der Waals surface area contributed by atoms with E-state index in [4.69, 9.17) is 23.2 Å². The zero-order chi connectivity index (χ0) is 33.5. The highest BCUT2D eigenvalue weighted by molar-refractivity contribution is 7.93. The lowest BCUT2D eigenvalue weighted by molar-refractivity contribution is -0.118. The lowest BCUT2D eigenvalue weighted by atomic mass is 9.62. The van der Waals surface area contributed by atoms with Crippen LogP contribution < -0.4 is 15.4 Å². The molecule has 0 aromatic heterocycles. The quantitative estimate of drug-likeness (QED) is 0.223. The van der Waals surface area contributed by atoms with Crippen molar-refractivity contribution in [2.75, 3.05) is 10.0 Å². The van der Waals surface area contributed by atoms with Crippen LogP contribution in [-0.4, -0.2) is 31.9 Å². The van der Waals surface area contributed by atoms with Gasteiger partial charge >= 0.3 is 15.5 Å². The Balaban J connectivity index is 1.82. The maximum absolute atomic E-state index is 15.8. The molecule has 0 bridgehead atoms. The third kappa shape index (κ3) is 6.89. The minimum atomic E-state index is -5.68. The summed E-state index contributed by atoms with van der Waals surface area (Å²) in [6, 6.07) is 12.1. The van der Waals surface area contributed by atoms with Crippen molar-refractivity contribution in [2.24, 2.45) is 5.41 Å². The number of carbonyl (C=O) groups is 1. The molecule has 4 rings (SSSR count). The summed E-state index contributed by atoms with van der Waals surface area (Å²) >= 11 is 12.1. The van der Waals surface area contributed by atoms with E-state index in [1.807, 2.05) is 20.8 Å². The molecule has 0 aliphatic carbocycles. The number of alkyl halides is 3. The van der Waals surface area contributed by atoms with Crippen molar-refractivity contribution in [3.05, 3.63) is 93.5 Å². The number of hydrogen-bond acceptors (Lipinski definition) is 5. The average Bonchev–Trinajstić information content (AvgIpc) is 3.23. The van der Waals surface area contributed by atoms with Gasteiger partial charge < -0.3 is 10.6 Å². The number of hydrogen-bond donors (Lipinski definition) is 3. The summed E-state index contributed by atoms with van der Waals surface area (Å²) < 4.78 is 94.0. The molecule has 0 radical (unpaired) electrons. The van der Waals surface area contributed by atoms with Gasteiger partial charge in [0.15, 0.2) is 0 Å². The second-order valence-electron chi connectivity index (χ2n) is 11.8. The fraction of sp³-hybridized carbons (Fsp3) is 0.333. The van der Waals surface area contributed by atoms with Crippen LogP contribution in [0.25, 0.3) is 0 Å². The highest BCUT2D eigenvalue weighted by Gasteiger charge is 2.61. The molecule has 1 heterocycles. The molecule has 3 N–H and O–H groups in total. The Morgan fingerprint density at radius 1 is 1.02 bits per heavy atom. The predicted octanol–water partition coefficient (Wildman–Crippen LogP) is 7.49. The van der Waals surface area contributed by atoms with Crippen molar-refractivity contribution < 1.29 is 35.2 Å². The fourth-order valence-electron chi connectivity index (χ4n) is 5.61. The van der Waals surface area contributed by atoms with Crippen LogP contribution in [0.3, 0.4) is 0 Å². The lowest BCUT2D eigenvalue weighted by Gasteiger charge is -2.37. The molecule has 1 amide bonds. The smallest absolute Gasteiger partial charge is 0.325 e. The van der Waals surface area contributed by atoms with Crippen molar-refractivity contribution in [1.82, 2.24) is 5.32 Å². The average molecular weight is 690 g/mol. The van der Waals surface area contributed by atoms with Crippen molar-refractivity contribution in [2.45, 2.75) is 56.1 Å². The third-order valence-electron chi connectivity index (χ3n) is 7.44. The van der Waals surface area contributed by atoms with Crippen molar-refractivity contribution in [3.63, 3.8) is 0 Å². The topological polar surface area (TPSA) is 111 Å². The number of nitriles is 1. The molecule has 3 aromatic carbocycles. The van der Waals surface area contributed by atoms with Crippen LogP contribution >= 0.6 is 23.2 Å². The second-order valence-corrected chi connectivity index (χ2v) is 14.3. The number of nitrogens with one attached hydrogen (secondary N) is 3. The third-order valence-corrected chi connectivity index (χ3v) is 9.08. The molecular formula is C30H27Cl2F5N4O3S.